The molecule has 0 heterocycles. The van der Waals surface area contributed by atoms with Gasteiger partial charge in [0.15, 0.2) is 0 Å². The Morgan fingerprint density at radius 2 is 1.91 bits per heavy atom. The fourth-order valence-corrected chi connectivity index (χ4v) is 2.00. The van der Waals surface area contributed by atoms with Crippen LogP contribution in [0.1, 0.15) is 39.0 Å². The fraction of sp³-hybridized carbons (Fsp3) is 0.889. The summed E-state index contributed by atoms with van der Waals surface area (Å²) in [6.07, 6.45) is 6.28. The first-order chi connectivity index (χ1) is 5.22. The minimum Gasteiger partial charge on any atom is -0.281 e. The number of carbonyl (C=O) groups excluding carboxylic acids is 1. The van der Waals surface area contributed by atoms with Crippen LogP contribution in [0.4, 0.5) is 0 Å². The van der Waals surface area contributed by atoms with E-state index in [4.69, 9.17) is 11.6 Å². The Morgan fingerprint density at radius 1 is 1.36 bits per heavy atom. The lowest BCUT2D eigenvalue weighted by Crippen LogP contribution is -2.19. The van der Waals surface area contributed by atoms with Gasteiger partial charge in [0, 0.05) is 5.92 Å². The molecule has 0 aliphatic heterocycles. The minimum atomic E-state index is -0.156. The average molecular weight is 175 g/mol. The largest absolute Gasteiger partial charge is 0.281 e. The molecule has 0 unspecified atom stereocenters. The van der Waals surface area contributed by atoms with E-state index in [1.54, 1.807) is 0 Å². The lowest BCUT2D eigenvalue weighted by Gasteiger charge is -2.24. The van der Waals surface area contributed by atoms with Crippen molar-refractivity contribution < 1.29 is 4.79 Å². The Balaban J connectivity index is 2.38. The Labute approximate surface area is 73.1 Å². The molecule has 1 aliphatic rings. The van der Waals surface area contributed by atoms with E-state index in [1.165, 1.54) is 32.1 Å². The van der Waals surface area contributed by atoms with E-state index < -0.39 is 0 Å². The van der Waals surface area contributed by atoms with Crippen LogP contribution >= 0.6 is 11.6 Å². The first-order valence-electron chi connectivity index (χ1n) is 4.41. The fourth-order valence-electron chi connectivity index (χ4n) is 1.82. The number of rotatable bonds is 2. The zero-order chi connectivity index (χ0) is 8.27. The molecule has 0 aromatic carbocycles. The van der Waals surface area contributed by atoms with Crippen LogP contribution in [0.15, 0.2) is 0 Å². The zero-order valence-electron chi connectivity index (χ0n) is 6.98. The van der Waals surface area contributed by atoms with Gasteiger partial charge in [-0.15, -0.1) is 0 Å². The third kappa shape index (κ3) is 2.48. The summed E-state index contributed by atoms with van der Waals surface area (Å²) in [5.41, 5.74) is 0. The van der Waals surface area contributed by atoms with Crippen LogP contribution in [0.5, 0.6) is 0 Å². The molecule has 0 spiro atoms. The lowest BCUT2D eigenvalue weighted by molar-refractivity contribution is -0.116. The molecule has 11 heavy (non-hydrogen) atoms. The van der Waals surface area contributed by atoms with E-state index in [0.717, 1.165) is 0 Å². The predicted molar refractivity (Wildman–Crippen MR) is 46.6 cm³/mol. The molecule has 1 atom stereocenters. The highest BCUT2D eigenvalue weighted by Gasteiger charge is 2.23. The number of carbonyl (C=O) groups is 1. The second-order valence-corrected chi connectivity index (χ2v) is 3.86. The Morgan fingerprint density at radius 3 is 2.36 bits per heavy atom. The number of halogens is 1. The summed E-state index contributed by atoms with van der Waals surface area (Å²) in [5, 5.41) is -0.156. The van der Waals surface area contributed by atoms with Gasteiger partial charge in [-0.25, -0.2) is 0 Å². The molecule has 1 fully saturated rings. The normalized spacial score (nSPS) is 23.1. The highest BCUT2D eigenvalue weighted by molar-refractivity contribution is 6.63. The van der Waals surface area contributed by atoms with Crippen LogP contribution in [-0.2, 0) is 4.79 Å². The van der Waals surface area contributed by atoms with Gasteiger partial charge in [0.1, 0.15) is 0 Å². The van der Waals surface area contributed by atoms with Gasteiger partial charge < -0.3 is 0 Å². The highest BCUT2D eigenvalue weighted by Crippen LogP contribution is 2.30. The van der Waals surface area contributed by atoms with Crippen molar-refractivity contribution in [3.8, 4) is 0 Å². The maximum absolute atomic E-state index is 10.8. The first kappa shape index (κ1) is 9.05. The SMILES string of the molecule is C[C@@H](C(=O)Cl)C1CCCCC1. The molecule has 1 rings (SSSR count). The van der Waals surface area contributed by atoms with Crippen molar-refractivity contribution in [3.63, 3.8) is 0 Å². The lowest BCUT2D eigenvalue weighted by atomic mass is 9.81. The van der Waals surface area contributed by atoms with Gasteiger partial charge in [-0.3, -0.25) is 4.79 Å². The van der Waals surface area contributed by atoms with E-state index in [1.807, 2.05) is 6.92 Å². The predicted octanol–water partition coefficient (Wildman–Crippen LogP) is 2.97. The molecule has 0 N–H and O–H groups in total. The molecular formula is C9H15ClO. The zero-order valence-corrected chi connectivity index (χ0v) is 7.73. The smallest absolute Gasteiger partial charge is 0.224 e. The summed E-state index contributed by atoms with van der Waals surface area (Å²) < 4.78 is 0. The summed E-state index contributed by atoms with van der Waals surface area (Å²) in [6.45, 7) is 1.95. The molecule has 0 amide bonds. The summed E-state index contributed by atoms with van der Waals surface area (Å²) in [4.78, 5) is 10.8. The molecule has 2 heteroatoms. The van der Waals surface area contributed by atoms with E-state index in [0.29, 0.717) is 5.92 Å². The third-order valence-corrected chi connectivity index (χ3v) is 3.06. The molecule has 1 saturated carbocycles. The molecule has 0 aromatic heterocycles. The molecule has 0 radical (unpaired) electrons. The summed E-state index contributed by atoms with van der Waals surface area (Å²) in [7, 11) is 0. The Hall–Kier alpha value is -0.0400. The van der Waals surface area contributed by atoms with E-state index in [2.05, 4.69) is 0 Å². The molecule has 1 nitrogen and oxygen atoms in total. The maximum atomic E-state index is 10.8. The second kappa shape index (κ2) is 4.10. The van der Waals surface area contributed by atoms with Gasteiger partial charge in [-0.2, -0.15) is 0 Å². The maximum Gasteiger partial charge on any atom is 0.224 e. The second-order valence-electron chi connectivity index (χ2n) is 3.49. The van der Waals surface area contributed by atoms with Crippen LogP contribution in [0, 0.1) is 11.8 Å². The van der Waals surface area contributed by atoms with Crippen LogP contribution in [0.3, 0.4) is 0 Å². The van der Waals surface area contributed by atoms with Crippen molar-refractivity contribution in [2.45, 2.75) is 39.0 Å². The third-order valence-electron chi connectivity index (χ3n) is 2.71. The molecule has 0 aromatic rings. The van der Waals surface area contributed by atoms with E-state index >= 15 is 0 Å². The van der Waals surface area contributed by atoms with Crippen molar-refractivity contribution >= 4 is 16.8 Å². The van der Waals surface area contributed by atoms with Crippen LogP contribution in [0.2, 0.25) is 0 Å². The summed E-state index contributed by atoms with van der Waals surface area (Å²) >= 11 is 5.42. The summed E-state index contributed by atoms with van der Waals surface area (Å²) in [5.74, 6) is 0.644. The Bertz CT molecular complexity index is 138. The Kier molecular flexibility index (Phi) is 3.38. The number of hydrogen-bond acceptors (Lipinski definition) is 1. The molecule has 64 valence electrons. The van der Waals surface area contributed by atoms with Crippen LogP contribution in [-0.4, -0.2) is 5.24 Å². The van der Waals surface area contributed by atoms with Crippen molar-refractivity contribution in [1.82, 2.24) is 0 Å². The van der Waals surface area contributed by atoms with E-state index in [9.17, 15) is 4.79 Å². The van der Waals surface area contributed by atoms with Crippen LogP contribution in [0.25, 0.3) is 0 Å². The molecular weight excluding hydrogens is 160 g/mol. The quantitative estimate of drug-likeness (QED) is 0.589. The van der Waals surface area contributed by atoms with Gasteiger partial charge in [-0.05, 0) is 30.4 Å². The van der Waals surface area contributed by atoms with Crippen molar-refractivity contribution in [2.75, 3.05) is 0 Å². The standard InChI is InChI=1S/C9H15ClO/c1-7(9(10)11)8-5-3-2-4-6-8/h7-8H,2-6H2,1H3/t7-/m1/s1. The van der Waals surface area contributed by atoms with Gasteiger partial charge in [0.05, 0.1) is 0 Å². The monoisotopic (exact) mass is 174 g/mol. The first-order valence-corrected chi connectivity index (χ1v) is 4.79. The van der Waals surface area contributed by atoms with Crippen LogP contribution < -0.4 is 0 Å². The molecule has 0 saturated heterocycles. The van der Waals surface area contributed by atoms with Crippen molar-refractivity contribution in [2.24, 2.45) is 11.8 Å². The average Bonchev–Trinajstić information content (AvgIpc) is 2.05. The van der Waals surface area contributed by atoms with Crippen molar-refractivity contribution in [3.05, 3.63) is 0 Å². The topological polar surface area (TPSA) is 17.1 Å². The van der Waals surface area contributed by atoms with Gasteiger partial charge in [0.2, 0.25) is 5.24 Å². The highest BCUT2D eigenvalue weighted by atomic mass is 35.5. The molecule has 0 bridgehead atoms. The van der Waals surface area contributed by atoms with Crippen molar-refractivity contribution in [1.29, 1.82) is 0 Å². The van der Waals surface area contributed by atoms with E-state index in [-0.39, 0.29) is 11.2 Å². The van der Waals surface area contributed by atoms with Gasteiger partial charge in [0.25, 0.3) is 0 Å². The summed E-state index contributed by atoms with van der Waals surface area (Å²) in [6, 6.07) is 0. The minimum absolute atomic E-state index is 0.0805. The molecule has 1 aliphatic carbocycles. The van der Waals surface area contributed by atoms with Gasteiger partial charge in [-0.1, -0.05) is 26.2 Å². The number of hydrogen-bond donors (Lipinski definition) is 0. The van der Waals surface area contributed by atoms with Gasteiger partial charge >= 0.3 is 0 Å².